The zero-order valence-corrected chi connectivity index (χ0v) is 18.5. The van der Waals surface area contributed by atoms with Crippen LogP contribution in [0.1, 0.15) is 64.5 Å². The van der Waals surface area contributed by atoms with Crippen LogP contribution in [0.2, 0.25) is 0 Å². The second-order valence-electron chi connectivity index (χ2n) is 9.56. The molecule has 2 aliphatic carbocycles. The molecule has 6 nitrogen and oxygen atoms in total. The minimum Gasteiger partial charge on any atom is -0.502 e. The third-order valence-electron chi connectivity index (χ3n) is 7.61. The van der Waals surface area contributed by atoms with Gasteiger partial charge in [0.15, 0.2) is 11.4 Å². The van der Waals surface area contributed by atoms with Crippen molar-refractivity contribution in [2.75, 3.05) is 11.6 Å². The summed E-state index contributed by atoms with van der Waals surface area (Å²) >= 11 is 0. The molecule has 168 valence electrons. The van der Waals surface area contributed by atoms with E-state index in [4.69, 9.17) is 0 Å². The highest BCUT2D eigenvalue weighted by Gasteiger charge is 2.44. The van der Waals surface area contributed by atoms with E-state index in [2.05, 4.69) is 58.9 Å². The lowest BCUT2D eigenvalue weighted by atomic mass is 9.91. The van der Waals surface area contributed by atoms with E-state index in [1.165, 1.54) is 28.3 Å². The summed E-state index contributed by atoms with van der Waals surface area (Å²) in [5.41, 5.74) is 4.06. The summed E-state index contributed by atoms with van der Waals surface area (Å²) < 4.78 is 1.72. The predicted octanol–water partition coefficient (Wildman–Crippen LogP) is 3.44. The highest BCUT2D eigenvalue weighted by atomic mass is 16.3. The molecule has 0 atom stereocenters. The summed E-state index contributed by atoms with van der Waals surface area (Å²) in [6.07, 6.45) is 7.39. The first-order valence-electron chi connectivity index (χ1n) is 11.8. The highest BCUT2D eigenvalue weighted by molar-refractivity contribution is 5.96. The van der Waals surface area contributed by atoms with Crippen molar-refractivity contribution in [1.82, 2.24) is 9.99 Å². The van der Waals surface area contributed by atoms with Gasteiger partial charge < -0.3 is 10.4 Å². The number of carbonyl (C=O) groups is 1. The summed E-state index contributed by atoms with van der Waals surface area (Å²) in [6.45, 7) is 0.599. The smallest absolute Gasteiger partial charge is 0.274 e. The van der Waals surface area contributed by atoms with Crippen LogP contribution in [0.3, 0.4) is 0 Å². The fourth-order valence-electron chi connectivity index (χ4n) is 6.03. The molecule has 0 bridgehead atoms. The number of pyridine rings is 1. The van der Waals surface area contributed by atoms with Crippen LogP contribution >= 0.6 is 0 Å². The van der Waals surface area contributed by atoms with Crippen LogP contribution in [0.25, 0.3) is 0 Å². The molecule has 2 aromatic carbocycles. The molecule has 2 heterocycles. The number of rotatable bonds is 1. The number of nitrogens with zero attached hydrogens (tertiary/aromatic N) is 2. The Morgan fingerprint density at radius 2 is 1.48 bits per heavy atom. The van der Waals surface area contributed by atoms with Gasteiger partial charge in [-0.25, -0.2) is 0 Å². The van der Waals surface area contributed by atoms with Gasteiger partial charge in [0.1, 0.15) is 0 Å². The van der Waals surface area contributed by atoms with E-state index in [1.54, 1.807) is 10.9 Å². The summed E-state index contributed by atoms with van der Waals surface area (Å²) in [5.74, 6) is -0.880. The van der Waals surface area contributed by atoms with Gasteiger partial charge in [-0.2, -0.15) is 0 Å². The SMILES string of the molecule is O=C1NC2(CCCC2)CN(C2c3ccccc3CCc3ccccc32)n2ccc(=O)c(O)c21. The molecular formula is C27H27N3O3. The number of hydrogen-bond donors (Lipinski definition) is 2. The number of benzene rings is 2. The number of aryl methyl sites for hydroxylation is 2. The van der Waals surface area contributed by atoms with E-state index in [1.807, 2.05) is 0 Å². The largest absolute Gasteiger partial charge is 0.502 e. The molecule has 1 aromatic heterocycles. The summed E-state index contributed by atoms with van der Waals surface area (Å²) in [7, 11) is 0. The quantitative estimate of drug-likeness (QED) is 0.607. The van der Waals surface area contributed by atoms with Crippen molar-refractivity contribution in [3.8, 4) is 5.75 Å². The molecule has 1 aliphatic heterocycles. The number of carbonyl (C=O) groups excluding carboxylic acids is 1. The second-order valence-corrected chi connectivity index (χ2v) is 9.56. The number of fused-ring (bicyclic) bond motifs is 3. The fraction of sp³-hybridized carbons (Fsp3) is 0.333. The van der Waals surface area contributed by atoms with Crippen molar-refractivity contribution in [3.05, 3.63) is 99.0 Å². The molecule has 0 unspecified atom stereocenters. The maximum absolute atomic E-state index is 13.4. The summed E-state index contributed by atoms with van der Waals surface area (Å²) in [4.78, 5) is 25.7. The normalized spacial score (nSPS) is 19.3. The van der Waals surface area contributed by atoms with Crippen LogP contribution in [0.4, 0.5) is 0 Å². The van der Waals surface area contributed by atoms with Gasteiger partial charge in [0.05, 0.1) is 18.1 Å². The Hall–Kier alpha value is -3.54. The molecule has 2 N–H and O–H groups in total. The van der Waals surface area contributed by atoms with Crippen LogP contribution in [-0.4, -0.2) is 27.8 Å². The number of amides is 1. The van der Waals surface area contributed by atoms with Crippen molar-refractivity contribution in [3.63, 3.8) is 0 Å². The maximum atomic E-state index is 13.4. The van der Waals surface area contributed by atoms with Crippen LogP contribution in [-0.2, 0) is 12.8 Å². The molecule has 6 heteroatoms. The van der Waals surface area contributed by atoms with E-state index >= 15 is 0 Å². The molecule has 3 aliphatic rings. The Kier molecular flexibility index (Phi) is 4.57. The van der Waals surface area contributed by atoms with Crippen LogP contribution in [0.15, 0.2) is 65.6 Å². The number of hydrogen-bond acceptors (Lipinski definition) is 4. The lowest BCUT2D eigenvalue weighted by Crippen LogP contribution is -2.54. The zero-order chi connectivity index (χ0) is 22.6. The van der Waals surface area contributed by atoms with Gasteiger partial charge in [-0.1, -0.05) is 61.4 Å². The first-order chi connectivity index (χ1) is 16.1. The molecule has 33 heavy (non-hydrogen) atoms. The average molecular weight is 442 g/mol. The second kappa shape index (κ2) is 7.51. The zero-order valence-electron chi connectivity index (χ0n) is 18.5. The number of aromatic hydroxyl groups is 1. The lowest BCUT2D eigenvalue weighted by Gasteiger charge is -2.40. The monoisotopic (exact) mass is 441 g/mol. The topological polar surface area (TPSA) is 74.6 Å². The first kappa shape index (κ1) is 20.1. The van der Waals surface area contributed by atoms with E-state index in [0.29, 0.717) is 6.54 Å². The molecular weight excluding hydrogens is 414 g/mol. The van der Waals surface area contributed by atoms with E-state index in [0.717, 1.165) is 38.5 Å². The number of nitrogens with one attached hydrogen (secondary N) is 1. The van der Waals surface area contributed by atoms with Gasteiger partial charge in [-0.05, 0) is 47.9 Å². The van der Waals surface area contributed by atoms with E-state index in [-0.39, 0.29) is 17.6 Å². The molecule has 1 spiro atoms. The van der Waals surface area contributed by atoms with Crippen molar-refractivity contribution in [2.45, 2.75) is 50.1 Å². The van der Waals surface area contributed by atoms with E-state index in [9.17, 15) is 14.7 Å². The Bertz CT molecular complexity index is 1260. The third kappa shape index (κ3) is 3.16. The minimum atomic E-state index is -0.541. The van der Waals surface area contributed by atoms with Gasteiger partial charge in [0.2, 0.25) is 5.43 Å². The van der Waals surface area contributed by atoms with Gasteiger partial charge in [0.25, 0.3) is 5.91 Å². The van der Waals surface area contributed by atoms with Gasteiger partial charge in [-0.15, -0.1) is 0 Å². The van der Waals surface area contributed by atoms with Crippen molar-refractivity contribution in [2.24, 2.45) is 0 Å². The molecule has 3 aromatic rings. The Balaban J connectivity index is 1.64. The molecule has 1 amide bonds. The van der Waals surface area contributed by atoms with Gasteiger partial charge >= 0.3 is 0 Å². The highest BCUT2D eigenvalue weighted by Crippen LogP contribution is 2.40. The minimum absolute atomic E-state index is 0.0190. The van der Waals surface area contributed by atoms with Gasteiger partial charge in [-0.3, -0.25) is 19.3 Å². The summed E-state index contributed by atoms with van der Waals surface area (Å²) in [5, 5.41) is 16.1. The standard InChI is InChI=1S/C27H27N3O3/c31-22-13-16-29-24(25(22)32)26(33)28-27(14-5-6-15-27)17-30(29)23-20-9-3-1-7-18(20)11-12-19-8-2-4-10-21(19)23/h1-4,7-10,13,16,23,32H,5-6,11-12,14-15,17H2,(H,28,33). The Morgan fingerprint density at radius 3 is 2.12 bits per heavy atom. The van der Waals surface area contributed by atoms with E-state index < -0.39 is 16.7 Å². The maximum Gasteiger partial charge on any atom is 0.274 e. The number of aromatic nitrogens is 1. The molecule has 1 saturated carbocycles. The molecule has 0 saturated heterocycles. The predicted molar refractivity (Wildman–Crippen MR) is 126 cm³/mol. The van der Waals surface area contributed by atoms with Crippen LogP contribution in [0, 0.1) is 0 Å². The first-order valence-corrected chi connectivity index (χ1v) is 11.8. The van der Waals surface area contributed by atoms with Crippen molar-refractivity contribution in [1.29, 1.82) is 0 Å². The molecule has 6 rings (SSSR count). The van der Waals surface area contributed by atoms with Crippen LogP contribution in [0.5, 0.6) is 5.75 Å². The summed E-state index contributed by atoms with van der Waals surface area (Å²) in [6, 6.07) is 18.2. The fourth-order valence-corrected chi connectivity index (χ4v) is 6.03. The average Bonchev–Trinajstić information content (AvgIpc) is 3.15. The van der Waals surface area contributed by atoms with Crippen molar-refractivity contribution >= 4 is 5.91 Å². The Morgan fingerprint density at radius 1 is 0.879 bits per heavy atom. The van der Waals surface area contributed by atoms with Gasteiger partial charge in [0, 0.05) is 12.3 Å². The molecule has 1 fully saturated rings. The lowest BCUT2D eigenvalue weighted by molar-refractivity contribution is 0.0903. The van der Waals surface area contributed by atoms with Crippen LogP contribution < -0.4 is 15.8 Å². The third-order valence-corrected chi connectivity index (χ3v) is 7.61. The Labute approximate surface area is 192 Å². The van der Waals surface area contributed by atoms with Crippen molar-refractivity contribution < 1.29 is 9.90 Å². The molecule has 0 radical (unpaired) electrons.